The molecule has 2 fully saturated rings. The molecular weight excluding hydrogens is 1260 g/mol. The Morgan fingerprint density at radius 1 is 0.429 bits per heavy atom. The van der Waals surface area contributed by atoms with Crippen molar-refractivity contribution in [1.29, 1.82) is 0 Å². The lowest BCUT2D eigenvalue weighted by molar-refractivity contribution is -0.156. The molecule has 8 N–H and O–H groups in total. The maximum Gasteiger partial charge on any atom is 0.331 e. The number of ether oxygens (including phenoxy) is 10. The van der Waals surface area contributed by atoms with Gasteiger partial charge < -0.3 is 88.2 Å². The van der Waals surface area contributed by atoms with Crippen LogP contribution in [0.4, 0.5) is 0 Å². The van der Waals surface area contributed by atoms with Crippen molar-refractivity contribution in [2.24, 2.45) is 47.3 Å². The summed E-state index contributed by atoms with van der Waals surface area (Å²) in [5, 5.41) is 93.8. The van der Waals surface area contributed by atoms with E-state index in [4.69, 9.17) is 47.4 Å². The van der Waals surface area contributed by atoms with Crippen LogP contribution in [0.3, 0.4) is 0 Å². The fraction of sp³-hybridized carbons (Fsp3) is 0.821. The second kappa shape index (κ2) is 43.1. The molecule has 4 bridgehead atoms. The zero-order valence-corrected chi connectivity index (χ0v) is 62.3. The molecule has 98 heavy (non-hydrogen) atoms. The minimum atomic E-state index is -1.14. The van der Waals surface area contributed by atoms with Crippen molar-refractivity contribution in [1.82, 2.24) is 0 Å². The molecule has 0 saturated carbocycles. The largest absolute Gasteiger partial charge is 0.459 e. The van der Waals surface area contributed by atoms with Gasteiger partial charge in [-0.2, -0.15) is 0 Å². The minimum Gasteiger partial charge on any atom is -0.459 e. The summed E-state index contributed by atoms with van der Waals surface area (Å²) >= 11 is 0. The second-order valence-electron chi connectivity index (χ2n) is 30.3. The number of hydrogen-bond acceptors (Lipinski definition) is 20. The number of methoxy groups -OCH3 is 4. The Bertz CT molecular complexity index is 2320. The van der Waals surface area contributed by atoms with Gasteiger partial charge in [0.25, 0.3) is 0 Å². The lowest BCUT2D eigenvalue weighted by atomic mass is 9.79. The van der Waals surface area contributed by atoms with E-state index in [2.05, 4.69) is 0 Å². The van der Waals surface area contributed by atoms with E-state index in [0.29, 0.717) is 64.2 Å². The van der Waals surface area contributed by atoms with Gasteiger partial charge >= 0.3 is 11.9 Å². The zero-order chi connectivity index (χ0) is 72.5. The van der Waals surface area contributed by atoms with Crippen LogP contribution in [0, 0.1) is 47.3 Å². The molecule has 5 rings (SSSR count). The first-order valence-corrected chi connectivity index (χ1v) is 37.1. The fourth-order valence-electron chi connectivity index (χ4n) is 15.4. The number of hydrogen-bond donors (Lipinski definition) is 8. The number of allylic oxidation sites excluding steroid dienone is 4. The summed E-state index contributed by atoms with van der Waals surface area (Å²) < 4.78 is 61.5. The molecule has 30 atom stereocenters. The summed E-state index contributed by atoms with van der Waals surface area (Å²) in [7, 11) is 6.59. The van der Waals surface area contributed by atoms with E-state index in [1.54, 1.807) is 54.4 Å². The van der Waals surface area contributed by atoms with Gasteiger partial charge in [0.15, 0.2) is 0 Å². The van der Waals surface area contributed by atoms with Gasteiger partial charge in [-0.1, -0.05) is 115 Å². The van der Waals surface area contributed by atoms with E-state index in [9.17, 15) is 50.4 Å². The van der Waals surface area contributed by atoms with Gasteiger partial charge in [0, 0.05) is 102 Å². The standard InChI is InChI=1S/C78H132O20/c1-45-23-29-57(79)37-59-19-17-21-61(95-59)41-71(91-15)51(7)68(82)44-70(84)54(10)76(88)56(12)78(48(4)28-32-64-40-66(90-14)36-50(6)94-64)98-74(86)34-26-46(2)24-30-58(80)38-60-20-18-22-62(96-60)42-72(92-16)52(8)67(81)43-69(83)53(9)75(87)55(11)77(97-73(85)33-25-45)47(3)27-31-63-39-65(89-13)35-49(5)93-63/h17-20,23-26,33-34,47-72,75-84,87-88H,21-22,27-32,35-44H2,1-16H3/b33-25+,34-26+,45-23+,46-24+/t47-,48-,49-,50-,51-,52-,53-,54-,55+,56+,57-,58-,59-,60-,61-,62-,63-,64-,65+,66+,67-,68-,69+,70+,71-,72-,75-,76-,77-,78-/m0/s1. The number of cyclic esters (lactones) is 2. The molecule has 0 spiro atoms. The van der Waals surface area contributed by atoms with Gasteiger partial charge in [-0.15, -0.1) is 0 Å². The van der Waals surface area contributed by atoms with E-state index in [0.717, 1.165) is 36.8 Å². The molecular formula is C78H132O20. The highest BCUT2D eigenvalue weighted by Gasteiger charge is 2.42. The van der Waals surface area contributed by atoms with Crippen LogP contribution in [-0.2, 0) is 57.0 Å². The quantitative estimate of drug-likeness (QED) is 0.0666. The van der Waals surface area contributed by atoms with Gasteiger partial charge in [-0.05, 0) is 129 Å². The Morgan fingerprint density at radius 2 is 0.786 bits per heavy atom. The number of fused-ring (bicyclic) bond motifs is 4. The predicted octanol–water partition coefficient (Wildman–Crippen LogP) is 10.1. The first-order chi connectivity index (χ1) is 46.4. The summed E-state index contributed by atoms with van der Waals surface area (Å²) in [6.07, 6.45) is 14.4. The summed E-state index contributed by atoms with van der Waals surface area (Å²) in [5.74, 6) is -5.33. The topological polar surface area (TPSA) is 288 Å². The van der Waals surface area contributed by atoms with Gasteiger partial charge in [-0.3, -0.25) is 0 Å². The van der Waals surface area contributed by atoms with Crippen LogP contribution in [0.1, 0.15) is 199 Å². The Hall–Kier alpha value is -3.26. The van der Waals surface area contributed by atoms with Crippen molar-refractivity contribution in [3.05, 3.63) is 71.9 Å². The number of rotatable bonds is 12. The monoisotopic (exact) mass is 1390 g/mol. The highest BCUT2D eigenvalue weighted by molar-refractivity contribution is 5.83. The molecule has 0 unspecified atom stereocenters. The number of carbonyl (C=O) groups excluding carboxylic acids is 2. The van der Waals surface area contributed by atoms with Gasteiger partial charge in [0.2, 0.25) is 0 Å². The summed E-state index contributed by atoms with van der Waals surface area (Å²) in [5.41, 5.74) is 1.44. The average molecular weight is 1390 g/mol. The van der Waals surface area contributed by atoms with E-state index in [1.807, 2.05) is 106 Å². The third kappa shape index (κ3) is 28.1. The Balaban J connectivity index is 1.36. The molecule has 0 radical (unpaired) electrons. The number of aliphatic hydroxyl groups excluding tert-OH is 8. The van der Waals surface area contributed by atoms with Crippen LogP contribution in [0.25, 0.3) is 0 Å². The number of carbonyl (C=O) groups is 2. The van der Waals surface area contributed by atoms with Crippen LogP contribution in [-0.4, -0.2) is 216 Å². The van der Waals surface area contributed by atoms with E-state index >= 15 is 0 Å². The molecule has 0 amide bonds. The molecule has 0 aromatic heterocycles. The zero-order valence-electron chi connectivity index (χ0n) is 62.3. The van der Waals surface area contributed by atoms with Crippen molar-refractivity contribution in [3.8, 4) is 0 Å². The van der Waals surface area contributed by atoms with Crippen LogP contribution >= 0.6 is 0 Å². The maximum absolute atomic E-state index is 13.8. The predicted molar refractivity (Wildman–Crippen MR) is 377 cm³/mol. The maximum atomic E-state index is 13.8. The molecule has 0 aliphatic carbocycles. The highest BCUT2D eigenvalue weighted by Crippen LogP contribution is 2.37. The third-order valence-electron chi connectivity index (χ3n) is 22.3. The van der Waals surface area contributed by atoms with Crippen molar-refractivity contribution in [2.75, 3.05) is 28.4 Å². The smallest absolute Gasteiger partial charge is 0.331 e. The van der Waals surface area contributed by atoms with Crippen molar-refractivity contribution >= 4 is 11.9 Å². The Kier molecular flexibility index (Phi) is 37.6. The van der Waals surface area contributed by atoms with Crippen LogP contribution in [0.5, 0.6) is 0 Å². The number of aliphatic hydroxyl groups is 8. The molecule has 5 aliphatic rings. The fourth-order valence-corrected chi connectivity index (χ4v) is 15.4. The van der Waals surface area contributed by atoms with E-state index in [1.165, 1.54) is 12.2 Å². The van der Waals surface area contributed by atoms with E-state index < -0.39 is 133 Å². The van der Waals surface area contributed by atoms with Crippen LogP contribution in [0.15, 0.2) is 71.9 Å². The molecule has 564 valence electrons. The van der Waals surface area contributed by atoms with Crippen molar-refractivity contribution in [3.63, 3.8) is 0 Å². The van der Waals surface area contributed by atoms with Gasteiger partial charge in [0.1, 0.15) is 12.2 Å². The normalized spacial score (nSPS) is 43.3. The molecule has 5 heterocycles. The average Bonchev–Trinajstić information content (AvgIpc) is 0.873. The van der Waals surface area contributed by atoms with Gasteiger partial charge in [-0.25, -0.2) is 9.59 Å². The second-order valence-corrected chi connectivity index (χ2v) is 30.3. The highest BCUT2D eigenvalue weighted by atomic mass is 16.6. The molecule has 20 heteroatoms. The van der Waals surface area contributed by atoms with Crippen LogP contribution < -0.4 is 0 Å². The SMILES string of the molecule is CO[C@H]1C[C@H](CC[C@H](C)[C@@H]2OC(=O)/C=C/C(C)=C/C[C@H](O)C[C@@H]3C=CC[C@@H](C[C@H](OC)[C@@H](C)[C@@H](O)C[C@@H](O)[C@H](C)[C@H](O)[C@@H](C)[C@H]([C@@H](C)CC[C@H]4C[C@H](OC)C[C@H](C)O4)OC(=O)/C=C/C(C)=C/C[C@H](O)C[C@@H]4C=CC[C@@H](C[C@H](OC)[C@@H](C)[C@@H](O)C[C@@H](O)[C@H](C)[C@H](O)[C@H]2C)O4)O3)O[C@@H](C)C1. The summed E-state index contributed by atoms with van der Waals surface area (Å²) in [6.45, 7) is 22.6. The molecule has 2 saturated heterocycles. The molecule has 0 aromatic rings. The first-order valence-electron chi connectivity index (χ1n) is 37.1. The van der Waals surface area contributed by atoms with E-state index in [-0.39, 0.29) is 86.4 Å². The van der Waals surface area contributed by atoms with Crippen LogP contribution in [0.2, 0.25) is 0 Å². The summed E-state index contributed by atoms with van der Waals surface area (Å²) in [4.78, 5) is 27.7. The van der Waals surface area contributed by atoms with Crippen molar-refractivity contribution < 1.29 is 97.8 Å². The minimum absolute atomic E-state index is 0.0275. The Morgan fingerprint density at radius 3 is 1.13 bits per heavy atom. The third-order valence-corrected chi connectivity index (χ3v) is 22.3. The van der Waals surface area contributed by atoms with Gasteiger partial charge in [0.05, 0.1) is 122 Å². The molecule has 0 aromatic carbocycles. The molecule has 20 nitrogen and oxygen atoms in total. The lowest BCUT2D eigenvalue weighted by Crippen LogP contribution is -2.45. The summed E-state index contributed by atoms with van der Waals surface area (Å²) in [6, 6.07) is 0. The molecule has 5 aliphatic heterocycles. The van der Waals surface area contributed by atoms with Crippen molar-refractivity contribution in [2.45, 2.75) is 333 Å². The number of esters is 2. The lowest BCUT2D eigenvalue weighted by Gasteiger charge is -2.38. The first kappa shape index (κ1) is 85.4. The Labute approximate surface area is 587 Å².